The quantitative estimate of drug-likeness (QED) is 0.798. The van der Waals surface area contributed by atoms with Gasteiger partial charge in [-0.15, -0.1) is 0 Å². The van der Waals surface area contributed by atoms with Gasteiger partial charge in [0.15, 0.2) is 0 Å². The highest BCUT2D eigenvalue weighted by Gasteiger charge is 2.29. The van der Waals surface area contributed by atoms with Gasteiger partial charge in [0.05, 0.1) is 5.69 Å². The topological polar surface area (TPSA) is 52.7 Å². The number of benzene rings is 1. The Morgan fingerprint density at radius 3 is 2.33 bits per heavy atom. The largest absolute Gasteiger partial charge is 0.384 e. The summed E-state index contributed by atoms with van der Waals surface area (Å²) in [7, 11) is 0.391. The predicted molar refractivity (Wildman–Crippen MR) is 88.2 cm³/mol. The van der Waals surface area contributed by atoms with E-state index >= 15 is 0 Å². The van der Waals surface area contributed by atoms with Gasteiger partial charge in [0, 0.05) is 25.7 Å². The molecule has 5 nitrogen and oxygen atoms in total. The second-order valence-electron chi connectivity index (χ2n) is 5.35. The molecule has 1 rings (SSSR count). The van der Waals surface area contributed by atoms with Crippen LogP contribution in [0.5, 0.6) is 0 Å². The van der Waals surface area contributed by atoms with Crippen molar-refractivity contribution in [2.45, 2.75) is 31.7 Å². The van der Waals surface area contributed by atoms with Crippen molar-refractivity contribution in [3.63, 3.8) is 0 Å². The molecule has 0 fully saturated rings. The minimum absolute atomic E-state index is 0.0790. The number of hydrogen-bond donors (Lipinski definition) is 1. The predicted octanol–water partition coefficient (Wildman–Crippen LogP) is 2.08. The van der Waals surface area contributed by atoms with Crippen LogP contribution in [-0.4, -0.2) is 57.4 Å². The second-order valence-corrected chi connectivity index (χ2v) is 7.21. The first-order valence-electron chi connectivity index (χ1n) is 7.34. The van der Waals surface area contributed by atoms with E-state index in [9.17, 15) is 8.42 Å². The summed E-state index contributed by atoms with van der Waals surface area (Å²) in [6.45, 7) is 7.60. The molecule has 0 bridgehead atoms. The van der Waals surface area contributed by atoms with Crippen molar-refractivity contribution in [3.8, 4) is 0 Å². The van der Waals surface area contributed by atoms with E-state index in [1.807, 2.05) is 45.8 Å². The number of para-hydroxylation sites is 1. The van der Waals surface area contributed by atoms with Gasteiger partial charge >= 0.3 is 0 Å². The van der Waals surface area contributed by atoms with Gasteiger partial charge in [0.2, 0.25) is 10.0 Å². The number of sulfonamides is 1. The van der Waals surface area contributed by atoms with Crippen LogP contribution in [-0.2, 0) is 10.0 Å². The van der Waals surface area contributed by atoms with Crippen LogP contribution in [0, 0.1) is 0 Å². The molecule has 1 aromatic carbocycles. The average molecular weight is 313 g/mol. The van der Waals surface area contributed by atoms with E-state index in [0.29, 0.717) is 30.2 Å². The van der Waals surface area contributed by atoms with Crippen molar-refractivity contribution in [1.82, 2.24) is 9.21 Å². The smallest absolute Gasteiger partial charge is 0.245 e. The van der Waals surface area contributed by atoms with Crippen LogP contribution >= 0.6 is 0 Å². The molecule has 0 aliphatic rings. The first kappa shape index (κ1) is 17.9. The lowest BCUT2D eigenvalue weighted by molar-refractivity contribution is 0.271. The van der Waals surface area contributed by atoms with Gasteiger partial charge < -0.3 is 10.2 Å². The van der Waals surface area contributed by atoms with E-state index < -0.39 is 10.0 Å². The number of likely N-dealkylation sites (N-methyl/N-ethyl adjacent to an activating group) is 2. The van der Waals surface area contributed by atoms with E-state index in [4.69, 9.17) is 0 Å². The molecule has 6 heteroatoms. The van der Waals surface area contributed by atoms with Crippen molar-refractivity contribution in [2.24, 2.45) is 0 Å². The van der Waals surface area contributed by atoms with Crippen LogP contribution in [0.25, 0.3) is 0 Å². The van der Waals surface area contributed by atoms with Crippen molar-refractivity contribution in [3.05, 3.63) is 24.3 Å². The Bertz CT molecular complexity index is 544. The molecular weight excluding hydrogens is 286 g/mol. The number of rotatable bonds is 8. The van der Waals surface area contributed by atoms with Gasteiger partial charge in [-0.2, -0.15) is 4.31 Å². The zero-order valence-electron chi connectivity index (χ0n) is 13.6. The number of nitrogens with zero attached hydrogens (tertiary/aromatic N) is 2. The van der Waals surface area contributed by atoms with Gasteiger partial charge in [-0.25, -0.2) is 8.42 Å². The first-order chi connectivity index (χ1) is 9.84. The first-order valence-corrected chi connectivity index (χ1v) is 8.78. The molecule has 1 unspecified atom stereocenters. The fourth-order valence-electron chi connectivity index (χ4n) is 2.49. The van der Waals surface area contributed by atoms with Crippen molar-refractivity contribution in [2.75, 3.05) is 39.0 Å². The molecule has 1 N–H and O–H groups in total. The van der Waals surface area contributed by atoms with Crippen molar-refractivity contribution < 1.29 is 8.42 Å². The molecule has 0 amide bonds. The Hall–Kier alpha value is -1.11. The van der Waals surface area contributed by atoms with Gasteiger partial charge in [-0.3, -0.25) is 0 Å². The third kappa shape index (κ3) is 4.43. The van der Waals surface area contributed by atoms with E-state index in [0.717, 1.165) is 0 Å². The minimum Gasteiger partial charge on any atom is -0.384 e. The number of nitrogens with one attached hydrogen (secondary N) is 1. The Morgan fingerprint density at radius 2 is 1.81 bits per heavy atom. The lowest BCUT2D eigenvalue weighted by Crippen LogP contribution is -2.43. The maximum atomic E-state index is 12.9. The molecule has 1 atom stereocenters. The summed E-state index contributed by atoms with van der Waals surface area (Å²) < 4.78 is 27.5. The van der Waals surface area contributed by atoms with Crippen LogP contribution in [0.15, 0.2) is 29.2 Å². The maximum Gasteiger partial charge on any atom is 0.245 e. The molecule has 1 aromatic rings. The van der Waals surface area contributed by atoms with E-state index in [2.05, 4.69) is 5.32 Å². The fourth-order valence-corrected chi connectivity index (χ4v) is 4.29. The highest BCUT2D eigenvalue weighted by atomic mass is 32.2. The second kappa shape index (κ2) is 7.77. The highest BCUT2D eigenvalue weighted by molar-refractivity contribution is 7.89. The summed E-state index contributed by atoms with van der Waals surface area (Å²) in [6, 6.07) is 7.00. The highest BCUT2D eigenvalue weighted by Crippen LogP contribution is 2.25. The summed E-state index contributed by atoms with van der Waals surface area (Å²) in [4.78, 5) is 2.35. The molecule has 0 aromatic heterocycles. The summed E-state index contributed by atoms with van der Waals surface area (Å²) in [5, 5.41) is 3.12. The molecule has 0 radical (unpaired) electrons. The molecule has 120 valence electrons. The fraction of sp³-hybridized carbons (Fsp3) is 0.600. The van der Waals surface area contributed by atoms with Crippen molar-refractivity contribution in [1.29, 1.82) is 0 Å². The Balaban J connectivity index is 3.19. The Labute approximate surface area is 129 Å². The van der Waals surface area contributed by atoms with Crippen LogP contribution < -0.4 is 5.32 Å². The summed E-state index contributed by atoms with van der Waals surface area (Å²) >= 11 is 0. The third-order valence-electron chi connectivity index (χ3n) is 3.27. The standard InChI is InChI=1S/C15H27N3O2S/c1-6-16-14-10-8-9-11-15(14)21(19,20)18(7-2)13(3)12-17(4)5/h8-11,13,16H,6-7,12H2,1-5H3. The van der Waals surface area contributed by atoms with E-state index in [1.54, 1.807) is 22.5 Å². The summed E-state index contributed by atoms with van der Waals surface area (Å²) in [5.74, 6) is 0. The molecule has 0 aliphatic heterocycles. The number of anilines is 1. The zero-order chi connectivity index (χ0) is 16.0. The SMILES string of the molecule is CCNc1ccccc1S(=O)(=O)N(CC)C(C)CN(C)C. The average Bonchev–Trinajstić information content (AvgIpc) is 2.39. The molecule has 0 heterocycles. The van der Waals surface area contributed by atoms with Gasteiger partial charge in [-0.05, 0) is 40.1 Å². The molecule has 0 saturated heterocycles. The lowest BCUT2D eigenvalue weighted by atomic mass is 10.3. The van der Waals surface area contributed by atoms with E-state index in [-0.39, 0.29) is 6.04 Å². The molecular formula is C15H27N3O2S. The van der Waals surface area contributed by atoms with Gasteiger partial charge in [0.25, 0.3) is 0 Å². The number of hydrogen-bond acceptors (Lipinski definition) is 4. The van der Waals surface area contributed by atoms with Crippen LogP contribution in [0.3, 0.4) is 0 Å². The Kier molecular flexibility index (Phi) is 6.64. The van der Waals surface area contributed by atoms with Gasteiger partial charge in [-0.1, -0.05) is 19.1 Å². The maximum absolute atomic E-state index is 12.9. The van der Waals surface area contributed by atoms with Crippen LogP contribution in [0.1, 0.15) is 20.8 Å². The Morgan fingerprint density at radius 1 is 1.19 bits per heavy atom. The lowest BCUT2D eigenvalue weighted by Gasteiger charge is -2.29. The molecule has 0 saturated carbocycles. The monoisotopic (exact) mass is 313 g/mol. The van der Waals surface area contributed by atoms with E-state index in [1.165, 1.54) is 0 Å². The molecule has 21 heavy (non-hydrogen) atoms. The van der Waals surface area contributed by atoms with Crippen LogP contribution in [0.2, 0.25) is 0 Å². The summed E-state index contributed by atoms with van der Waals surface area (Å²) in [6.07, 6.45) is 0. The van der Waals surface area contributed by atoms with Crippen molar-refractivity contribution >= 4 is 15.7 Å². The zero-order valence-corrected chi connectivity index (χ0v) is 14.4. The minimum atomic E-state index is -3.50. The van der Waals surface area contributed by atoms with Gasteiger partial charge in [0.1, 0.15) is 4.90 Å². The molecule has 0 aliphatic carbocycles. The summed E-state index contributed by atoms with van der Waals surface area (Å²) in [5.41, 5.74) is 0.663. The normalized spacial score (nSPS) is 13.7. The third-order valence-corrected chi connectivity index (χ3v) is 5.42. The molecule has 0 spiro atoms. The van der Waals surface area contributed by atoms with Crippen LogP contribution in [0.4, 0.5) is 5.69 Å².